The molecule has 4 nitrogen and oxygen atoms in total. The van der Waals surface area contributed by atoms with Crippen molar-refractivity contribution in [3.05, 3.63) is 35.1 Å². The van der Waals surface area contributed by atoms with Gasteiger partial charge in [-0.3, -0.25) is 4.98 Å². The molecule has 126 valence electrons. The Morgan fingerprint density at radius 2 is 1.83 bits per heavy atom. The first-order valence-electron chi connectivity index (χ1n) is 7.26. The number of hydrogen-bond donors (Lipinski definition) is 1. The lowest BCUT2D eigenvalue weighted by Crippen LogP contribution is -2.41. The first-order chi connectivity index (χ1) is 10.5. The Kier molecular flexibility index (Phi) is 4.63. The second-order valence-corrected chi connectivity index (χ2v) is 6.48. The lowest BCUT2D eigenvalue weighted by molar-refractivity contribution is -0.141. The van der Waals surface area contributed by atoms with E-state index < -0.39 is 30.2 Å². The third-order valence-corrected chi connectivity index (χ3v) is 4.22. The van der Waals surface area contributed by atoms with Gasteiger partial charge in [-0.25, -0.2) is 0 Å². The van der Waals surface area contributed by atoms with Crippen molar-refractivity contribution in [1.82, 2.24) is 4.98 Å². The highest BCUT2D eigenvalue weighted by Gasteiger charge is 2.52. The Balaban J connectivity index is 2.31. The fraction of sp³-hybridized carbons (Fsp3) is 0.533. The molecule has 0 aromatic carbocycles. The zero-order valence-corrected chi connectivity index (χ0v) is 13.6. The Morgan fingerprint density at radius 3 is 2.30 bits per heavy atom. The Labute approximate surface area is 134 Å². The van der Waals surface area contributed by atoms with Gasteiger partial charge in [0, 0.05) is 12.7 Å². The summed E-state index contributed by atoms with van der Waals surface area (Å²) in [4.78, 5) is 3.34. The van der Waals surface area contributed by atoms with Crippen LogP contribution in [0, 0.1) is 0 Å². The molecule has 2 N–H and O–H groups in total. The minimum atomic E-state index is -4.49. The Bertz CT molecular complexity index is 599. The van der Waals surface area contributed by atoms with Gasteiger partial charge in [0.15, 0.2) is 0 Å². The van der Waals surface area contributed by atoms with E-state index in [9.17, 15) is 13.2 Å². The number of halogens is 3. The zero-order chi connectivity index (χ0) is 17.5. The summed E-state index contributed by atoms with van der Waals surface area (Å²) in [5.41, 5.74) is 4.63. The van der Waals surface area contributed by atoms with Crippen molar-refractivity contribution < 1.29 is 22.5 Å². The van der Waals surface area contributed by atoms with Gasteiger partial charge in [0.05, 0.1) is 11.2 Å². The van der Waals surface area contributed by atoms with E-state index in [2.05, 4.69) is 4.98 Å². The summed E-state index contributed by atoms with van der Waals surface area (Å²) in [5.74, 6) is 0. The number of nitrogens with two attached hydrogens (primary N) is 1. The van der Waals surface area contributed by atoms with Crippen molar-refractivity contribution in [2.45, 2.75) is 45.1 Å². The van der Waals surface area contributed by atoms with Crippen molar-refractivity contribution in [1.29, 1.82) is 0 Å². The molecule has 2 heterocycles. The van der Waals surface area contributed by atoms with Gasteiger partial charge < -0.3 is 15.0 Å². The molecule has 1 aromatic rings. The van der Waals surface area contributed by atoms with E-state index in [4.69, 9.17) is 15.0 Å². The van der Waals surface area contributed by atoms with Crippen molar-refractivity contribution in [2.75, 3.05) is 6.54 Å². The molecule has 0 atom stereocenters. The van der Waals surface area contributed by atoms with E-state index in [0.717, 1.165) is 12.3 Å². The fourth-order valence-electron chi connectivity index (χ4n) is 2.12. The topological polar surface area (TPSA) is 57.4 Å². The van der Waals surface area contributed by atoms with Crippen molar-refractivity contribution in [2.24, 2.45) is 5.73 Å². The number of rotatable bonds is 3. The van der Waals surface area contributed by atoms with E-state index in [0.29, 0.717) is 11.0 Å². The molecule has 1 aliphatic heterocycles. The van der Waals surface area contributed by atoms with Gasteiger partial charge >= 0.3 is 13.3 Å². The normalized spacial score (nSPS) is 20.9. The highest BCUT2D eigenvalue weighted by molar-refractivity contribution is 6.55. The summed E-state index contributed by atoms with van der Waals surface area (Å²) >= 11 is 0. The first kappa shape index (κ1) is 18.0. The van der Waals surface area contributed by atoms with E-state index in [1.54, 1.807) is 6.08 Å². The maximum absolute atomic E-state index is 12.7. The molecule has 0 bridgehead atoms. The third-order valence-electron chi connectivity index (χ3n) is 4.22. The average molecular weight is 328 g/mol. The monoisotopic (exact) mass is 328 g/mol. The molecule has 0 unspecified atom stereocenters. The molecule has 0 radical (unpaired) electrons. The van der Waals surface area contributed by atoms with Gasteiger partial charge in [-0.1, -0.05) is 6.08 Å². The second-order valence-electron chi connectivity index (χ2n) is 6.48. The van der Waals surface area contributed by atoms with Crippen LogP contribution in [0.15, 0.2) is 23.8 Å². The molecule has 0 saturated carbocycles. The molecule has 1 aromatic heterocycles. The van der Waals surface area contributed by atoms with Crippen molar-refractivity contribution in [3.8, 4) is 0 Å². The maximum Gasteiger partial charge on any atom is 0.491 e. The lowest BCUT2D eigenvalue weighted by atomic mass is 9.77. The van der Waals surface area contributed by atoms with E-state index in [1.165, 1.54) is 6.07 Å². The minimum Gasteiger partial charge on any atom is -0.400 e. The average Bonchev–Trinajstić information content (AvgIpc) is 2.64. The molecule has 0 aliphatic carbocycles. The van der Waals surface area contributed by atoms with Crippen LogP contribution in [-0.4, -0.2) is 29.8 Å². The largest absolute Gasteiger partial charge is 0.491 e. The minimum absolute atomic E-state index is 0.112. The van der Waals surface area contributed by atoms with Crippen LogP contribution in [-0.2, 0) is 15.5 Å². The number of hydrogen-bond acceptors (Lipinski definition) is 4. The van der Waals surface area contributed by atoms with Crippen LogP contribution in [0.25, 0.3) is 6.08 Å². The van der Waals surface area contributed by atoms with Gasteiger partial charge in [-0.05, 0) is 50.9 Å². The van der Waals surface area contributed by atoms with E-state index >= 15 is 0 Å². The number of nitrogens with zero attached hydrogens (tertiary/aromatic N) is 1. The molecule has 23 heavy (non-hydrogen) atoms. The molecule has 1 fully saturated rings. The summed E-state index contributed by atoms with van der Waals surface area (Å²) in [5, 5.41) is 0. The summed E-state index contributed by atoms with van der Waals surface area (Å²) in [6.45, 7) is 7.70. The molecule has 2 rings (SSSR count). The van der Waals surface area contributed by atoms with E-state index in [-0.39, 0.29) is 6.54 Å². The van der Waals surface area contributed by atoms with Gasteiger partial charge in [0.2, 0.25) is 0 Å². The molecule has 8 heteroatoms. The predicted molar refractivity (Wildman–Crippen MR) is 82.4 cm³/mol. The number of alkyl halides is 3. The number of aromatic nitrogens is 1. The van der Waals surface area contributed by atoms with E-state index in [1.807, 2.05) is 27.7 Å². The molecule has 0 amide bonds. The standard InChI is InChI=1S/C15H20BF3N2O2/c1-13(2)14(3,4)23-16(22-13)11(9-20)7-10-5-6-21-12(8-10)15(17,18)19/h5-8H,9,20H2,1-4H3. The smallest absolute Gasteiger partial charge is 0.400 e. The van der Waals surface area contributed by atoms with Crippen LogP contribution in [0.4, 0.5) is 13.2 Å². The van der Waals surface area contributed by atoms with Gasteiger partial charge in [-0.2, -0.15) is 13.2 Å². The zero-order valence-electron chi connectivity index (χ0n) is 13.6. The first-order valence-corrected chi connectivity index (χ1v) is 7.26. The Hall–Kier alpha value is -1.38. The van der Waals surface area contributed by atoms with Crippen LogP contribution in [0.3, 0.4) is 0 Å². The highest BCUT2D eigenvalue weighted by atomic mass is 19.4. The highest BCUT2D eigenvalue weighted by Crippen LogP contribution is 2.38. The van der Waals surface area contributed by atoms with Crippen LogP contribution >= 0.6 is 0 Å². The molecule has 1 aliphatic rings. The lowest BCUT2D eigenvalue weighted by Gasteiger charge is -2.32. The summed E-state index contributed by atoms with van der Waals surface area (Å²) < 4.78 is 50.0. The maximum atomic E-state index is 12.7. The number of pyridine rings is 1. The SMILES string of the molecule is CC1(C)OB(C(=Cc2ccnc(C(F)(F)F)c2)CN)OC1(C)C. The van der Waals surface area contributed by atoms with Crippen LogP contribution in [0.5, 0.6) is 0 Å². The second kappa shape index (κ2) is 5.92. The predicted octanol–water partition coefficient (Wildman–Crippen LogP) is 3.07. The summed E-state index contributed by atoms with van der Waals surface area (Å²) in [7, 11) is -0.687. The van der Waals surface area contributed by atoms with Crippen LogP contribution in [0.1, 0.15) is 39.0 Å². The fourth-order valence-corrected chi connectivity index (χ4v) is 2.12. The summed E-state index contributed by atoms with van der Waals surface area (Å²) in [6, 6.07) is 2.46. The van der Waals surface area contributed by atoms with Crippen LogP contribution in [0.2, 0.25) is 0 Å². The molecule has 0 spiro atoms. The van der Waals surface area contributed by atoms with Crippen molar-refractivity contribution in [3.63, 3.8) is 0 Å². The van der Waals surface area contributed by atoms with Gasteiger partial charge in [0.25, 0.3) is 0 Å². The Morgan fingerprint density at radius 1 is 1.26 bits per heavy atom. The summed E-state index contributed by atoms with van der Waals surface area (Å²) in [6.07, 6.45) is -1.82. The van der Waals surface area contributed by atoms with Gasteiger partial charge in [0.1, 0.15) is 5.69 Å². The molecular weight excluding hydrogens is 308 g/mol. The van der Waals surface area contributed by atoms with Crippen LogP contribution < -0.4 is 5.73 Å². The quantitative estimate of drug-likeness (QED) is 0.867. The molecule has 1 saturated heterocycles. The third kappa shape index (κ3) is 3.76. The molecular formula is C15H20BF3N2O2. The van der Waals surface area contributed by atoms with Crippen molar-refractivity contribution >= 4 is 13.2 Å². The van der Waals surface area contributed by atoms with Gasteiger partial charge in [-0.15, -0.1) is 0 Å².